The second-order valence-corrected chi connectivity index (χ2v) is 5.56. The third-order valence-corrected chi connectivity index (χ3v) is 3.76. The van der Waals surface area contributed by atoms with E-state index in [1.54, 1.807) is 12.1 Å². The lowest BCUT2D eigenvalue weighted by molar-refractivity contribution is 0.127. The molecule has 1 aliphatic carbocycles. The minimum absolute atomic E-state index is 0.257. The highest BCUT2D eigenvalue weighted by atomic mass is 19.1. The van der Waals surface area contributed by atoms with Gasteiger partial charge in [-0.3, -0.25) is 0 Å². The van der Waals surface area contributed by atoms with Gasteiger partial charge in [-0.25, -0.2) is 14.4 Å². The van der Waals surface area contributed by atoms with Crippen LogP contribution in [0.15, 0.2) is 24.3 Å². The van der Waals surface area contributed by atoms with Gasteiger partial charge < -0.3 is 9.47 Å². The molecule has 0 spiro atoms. The minimum atomic E-state index is -0.257. The average Bonchev–Trinajstić information content (AvgIpc) is 3.39. The second-order valence-electron chi connectivity index (χ2n) is 5.56. The number of hydrogen-bond acceptors (Lipinski definition) is 4. The summed E-state index contributed by atoms with van der Waals surface area (Å²) in [6.07, 6.45) is 2.23. The fourth-order valence-corrected chi connectivity index (χ4v) is 2.48. The number of aromatic nitrogens is 2. The number of hydrogen-bond donors (Lipinski definition) is 0. The standard InChI is InChI=1S/C18H21FN2O2/c1-3-22-11-15-18(23-4-2)21-17(16(20-15)12-5-6-12)13-7-9-14(19)10-8-13/h7-10,12H,3-6,11H2,1-2H3. The van der Waals surface area contributed by atoms with E-state index in [1.165, 1.54) is 12.1 Å². The molecule has 1 heterocycles. The van der Waals surface area contributed by atoms with Gasteiger partial charge >= 0.3 is 0 Å². The van der Waals surface area contributed by atoms with Crippen molar-refractivity contribution in [3.63, 3.8) is 0 Å². The second kappa shape index (κ2) is 7.04. The van der Waals surface area contributed by atoms with Gasteiger partial charge in [0.2, 0.25) is 5.88 Å². The molecule has 1 fully saturated rings. The van der Waals surface area contributed by atoms with Crippen molar-refractivity contribution in [1.82, 2.24) is 9.97 Å². The van der Waals surface area contributed by atoms with Crippen molar-refractivity contribution < 1.29 is 13.9 Å². The number of benzene rings is 1. The zero-order valence-corrected chi connectivity index (χ0v) is 13.5. The first-order valence-electron chi connectivity index (χ1n) is 8.10. The summed E-state index contributed by atoms with van der Waals surface area (Å²) in [5, 5.41) is 0. The van der Waals surface area contributed by atoms with Crippen LogP contribution < -0.4 is 4.74 Å². The lowest BCUT2D eigenvalue weighted by atomic mass is 10.1. The van der Waals surface area contributed by atoms with Crippen LogP contribution in [0.1, 0.15) is 44.0 Å². The van der Waals surface area contributed by atoms with Gasteiger partial charge in [-0.05, 0) is 51.0 Å². The van der Waals surface area contributed by atoms with Gasteiger partial charge in [0.15, 0.2) is 0 Å². The van der Waals surface area contributed by atoms with E-state index >= 15 is 0 Å². The van der Waals surface area contributed by atoms with Crippen LogP contribution in [0, 0.1) is 5.82 Å². The van der Waals surface area contributed by atoms with Crippen LogP contribution in [0.5, 0.6) is 5.88 Å². The van der Waals surface area contributed by atoms with Crippen LogP contribution in [0.25, 0.3) is 11.3 Å². The van der Waals surface area contributed by atoms with E-state index in [9.17, 15) is 4.39 Å². The fraction of sp³-hybridized carbons (Fsp3) is 0.444. The Balaban J connectivity index is 2.05. The van der Waals surface area contributed by atoms with Gasteiger partial charge in [-0.2, -0.15) is 0 Å². The Labute approximate surface area is 135 Å². The Kier molecular flexibility index (Phi) is 4.86. The zero-order valence-electron chi connectivity index (χ0n) is 13.5. The average molecular weight is 316 g/mol. The van der Waals surface area contributed by atoms with Crippen molar-refractivity contribution in [1.29, 1.82) is 0 Å². The van der Waals surface area contributed by atoms with E-state index in [2.05, 4.69) is 4.98 Å². The molecule has 0 amide bonds. The summed E-state index contributed by atoms with van der Waals surface area (Å²) in [6.45, 7) is 5.38. The zero-order chi connectivity index (χ0) is 16.2. The summed E-state index contributed by atoms with van der Waals surface area (Å²) in [5.41, 5.74) is 3.36. The maximum Gasteiger partial charge on any atom is 0.238 e. The highest BCUT2D eigenvalue weighted by molar-refractivity contribution is 5.63. The summed E-state index contributed by atoms with van der Waals surface area (Å²) in [4.78, 5) is 9.47. The first-order valence-corrected chi connectivity index (χ1v) is 8.10. The molecule has 1 aliphatic rings. The van der Waals surface area contributed by atoms with E-state index in [0.717, 1.165) is 35.5 Å². The fourth-order valence-electron chi connectivity index (χ4n) is 2.48. The summed E-state index contributed by atoms with van der Waals surface area (Å²) < 4.78 is 24.3. The Morgan fingerprint density at radius 3 is 2.43 bits per heavy atom. The molecule has 0 radical (unpaired) electrons. The van der Waals surface area contributed by atoms with Crippen LogP contribution >= 0.6 is 0 Å². The predicted octanol–water partition coefficient (Wildman–Crippen LogP) is 4.10. The number of nitrogens with zero attached hydrogens (tertiary/aromatic N) is 2. The number of halogens is 1. The smallest absolute Gasteiger partial charge is 0.238 e. The molecule has 2 aromatic rings. The first-order chi connectivity index (χ1) is 11.2. The molecule has 4 nitrogen and oxygen atoms in total. The molecule has 23 heavy (non-hydrogen) atoms. The predicted molar refractivity (Wildman–Crippen MR) is 85.9 cm³/mol. The van der Waals surface area contributed by atoms with Crippen LogP contribution in [0.3, 0.4) is 0 Å². The van der Waals surface area contributed by atoms with Gasteiger partial charge in [0.05, 0.1) is 24.6 Å². The molecule has 1 saturated carbocycles. The Morgan fingerprint density at radius 1 is 1.09 bits per heavy atom. The Bertz CT molecular complexity index is 669. The maximum atomic E-state index is 13.2. The molecule has 5 heteroatoms. The molecule has 1 aromatic heterocycles. The van der Waals surface area contributed by atoms with Gasteiger partial charge in [0, 0.05) is 18.1 Å². The van der Waals surface area contributed by atoms with Gasteiger partial charge in [-0.15, -0.1) is 0 Å². The Morgan fingerprint density at radius 2 is 1.83 bits per heavy atom. The van der Waals surface area contributed by atoms with Gasteiger partial charge in [0.25, 0.3) is 0 Å². The SMILES string of the molecule is CCOCc1nc(C2CC2)c(-c2ccc(F)cc2)nc1OCC. The van der Waals surface area contributed by atoms with Crippen molar-refractivity contribution in [3.8, 4) is 17.1 Å². The highest BCUT2D eigenvalue weighted by Gasteiger charge is 2.30. The van der Waals surface area contributed by atoms with E-state index in [1.807, 2.05) is 13.8 Å². The first kappa shape index (κ1) is 15.9. The van der Waals surface area contributed by atoms with E-state index in [4.69, 9.17) is 14.5 Å². The van der Waals surface area contributed by atoms with E-state index in [-0.39, 0.29) is 5.82 Å². The van der Waals surface area contributed by atoms with Gasteiger partial charge in [-0.1, -0.05) is 0 Å². The molecule has 0 unspecified atom stereocenters. The highest BCUT2D eigenvalue weighted by Crippen LogP contribution is 2.43. The van der Waals surface area contributed by atoms with Crippen LogP contribution in [0.2, 0.25) is 0 Å². The molecule has 1 aromatic carbocycles. The summed E-state index contributed by atoms with van der Waals surface area (Å²) in [7, 11) is 0. The quantitative estimate of drug-likeness (QED) is 0.771. The van der Waals surface area contributed by atoms with Crippen LogP contribution in [0.4, 0.5) is 4.39 Å². The topological polar surface area (TPSA) is 44.2 Å². The molecule has 0 atom stereocenters. The van der Waals surface area contributed by atoms with Crippen molar-refractivity contribution in [3.05, 3.63) is 41.5 Å². The van der Waals surface area contributed by atoms with Gasteiger partial charge in [0.1, 0.15) is 11.5 Å². The molecule has 0 bridgehead atoms. The number of rotatable bonds is 7. The molecule has 0 aliphatic heterocycles. The lowest BCUT2D eigenvalue weighted by Gasteiger charge is -2.14. The molecular formula is C18H21FN2O2. The normalized spacial score (nSPS) is 14.0. The summed E-state index contributed by atoms with van der Waals surface area (Å²) in [5.74, 6) is 0.677. The molecule has 0 saturated heterocycles. The van der Waals surface area contributed by atoms with Crippen molar-refractivity contribution in [2.24, 2.45) is 0 Å². The van der Waals surface area contributed by atoms with Crippen molar-refractivity contribution >= 4 is 0 Å². The van der Waals surface area contributed by atoms with E-state index in [0.29, 0.717) is 31.6 Å². The molecule has 3 rings (SSSR count). The molecule has 0 N–H and O–H groups in total. The molecular weight excluding hydrogens is 295 g/mol. The monoisotopic (exact) mass is 316 g/mol. The van der Waals surface area contributed by atoms with Crippen molar-refractivity contribution in [2.75, 3.05) is 13.2 Å². The van der Waals surface area contributed by atoms with E-state index < -0.39 is 0 Å². The molecule has 122 valence electrons. The minimum Gasteiger partial charge on any atom is -0.477 e. The summed E-state index contributed by atoms with van der Waals surface area (Å²) in [6, 6.07) is 6.37. The van der Waals surface area contributed by atoms with Crippen LogP contribution in [-0.2, 0) is 11.3 Å². The Hall–Kier alpha value is -2.01. The third-order valence-electron chi connectivity index (χ3n) is 3.76. The summed E-state index contributed by atoms with van der Waals surface area (Å²) >= 11 is 0. The third kappa shape index (κ3) is 3.67. The van der Waals surface area contributed by atoms with Crippen LogP contribution in [-0.4, -0.2) is 23.2 Å². The largest absolute Gasteiger partial charge is 0.477 e. The maximum absolute atomic E-state index is 13.2. The van der Waals surface area contributed by atoms with Crippen molar-refractivity contribution in [2.45, 2.75) is 39.2 Å². The number of ether oxygens (including phenoxy) is 2. The lowest BCUT2D eigenvalue weighted by Crippen LogP contribution is -2.08.